The fourth-order valence-electron chi connectivity index (χ4n) is 2.85. The van der Waals surface area contributed by atoms with Gasteiger partial charge in [0.2, 0.25) is 0 Å². The van der Waals surface area contributed by atoms with Crippen molar-refractivity contribution in [2.45, 2.75) is 13.5 Å². The van der Waals surface area contributed by atoms with Crippen LogP contribution in [0.4, 0.5) is 11.4 Å². The summed E-state index contributed by atoms with van der Waals surface area (Å²) >= 11 is 6.35. The van der Waals surface area contributed by atoms with Crippen molar-refractivity contribution in [1.82, 2.24) is 0 Å². The summed E-state index contributed by atoms with van der Waals surface area (Å²) in [5.74, 6) is 0.345. The lowest BCUT2D eigenvalue weighted by atomic mass is 10.2. The van der Waals surface area contributed by atoms with Crippen LogP contribution in [-0.2, 0) is 16.2 Å². The van der Waals surface area contributed by atoms with E-state index in [1.807, 2.05) is 19.1 Å². The van der Waals surface area contributed by atoms with Crippen LogP contribution >= 0.6 is 11.6 Å². The van der Waals surface area contributed by atoms with E-state index in [1.54, 1.807) is 36.4 Å². The Kier molecular flexibility index (Phi) is 8.42. The number of carbonyl (C=O) groups is 1. The van der Waals surface area contributed by atoms with Gasteiger partial charge < -0.3 is 19.6 Å². The molecule has 0 saturated heterocycles. The second-order valence-corrected chi connectivity index (χ2v) is 7.58. The molecule has 0 radical (unpaired) electrons. The van der Waals surface area contributed by atoms with E-state index in [-0.39, 0.29) is 29.8 Å². The van der Waals surface area contributed by atoms with Crippen molar-refractivity contribution in [2.75, 3.05) is 19.0 Å². The number of amides is 1. The van der Waals surface area contributed by atoms with Gasteiger partial charge >= 0.3 is 0 Å². The topological polar surface area (TPSA) is 112 Å². The molecule has 176 valence electrons. The molecule has 3 rings (SSSR count). The summed E-state index contributed by atoms with van der Waals surface area (Å²) in [6.07, 6.45) is 1.40. The van der Waals surface area contributed by atoms with E-state index in [0.29, 0.717) is 22.7 Å². The van der Waals surface area contributed by atoms with Crippen molar-refractivity contribution < 1.29 is 24.0 Å². The number of benzene rings is 3. The number of carbonyl (C=O) groups excluding carboxylic acids is 1. The summed E-state index contributed by atoms with van der Waals surface area (Å²) in [5.41, 5.74) is 3.06. The molecule has 0 bridgehead atoms. The predicted octanol–water partition coefficient (Wildman–Crippen LogP) is 5.13. The number of nitrogens with one attached hydrogen (secondary N) is 1. The molecule has 0 unspecified atom stereocenters. The van der Waals surface area contributed by atoms with Gasteiger partial charge in [0.15, 0.2) is 18.1 Å². The first-order chi connectivity index (χ1) is 16.4. The molecule has 0 heterocycles. The Hall–Kier alpha value is -4.11. The zero-order valence-corrected chi connectivity index (χ0v) is 19.2. The Balaban J connectivity index is 1.56. The number of hydrogen-bond acceptors (Lipinski definition) is 7. The van der Waals surface area contributed by atoms with Crippen LogP contribution in [-0.4, -0.2) is 30.8 Å². The van der Waals surface area contributed by atoms with E-state index >= 15 is 0 Å². The van der Waals surface area contributed by atoms with Gasteiger partial charge in [-0.05, 0) is 48.9 Å². The summed E-state index contributed by atoms with van der Waals surface area (Å²) in [6.45, 7) is 1.84. The summed E-state index contributed by atoms with van der Waals surface area (Å²) in [7, 11) is 1.47. The number of methoxy groups -OCH3 is 1. The van der Waals surface area contributed by atoms with Gasteiger partial charge in [0, 0.05) is 23.4 Å². The highest BCUT2D eigenvalue weighted by molar-refractivity contribution is 6.32. The SMILES string of the molecule is COc1cc(/C=N/OCC(=O)Nc2ccc(C)cc2)cc(Cl)c1OCc1ccc([N+](=O)[O-])cc1. The standard InChI is InChI=1S/C24H22ClN3O6/c1-16-3-7-19(8-4-16)27-23(29)15-34-26-13-18-11-21(25)24(22(12-18)32-2)33-14-17-5-9-20(10-6-17)28(30)31/h3-13H,14-15H2,1-2H3,(H,27,29)/b26-13+. The van der Waals surface area contributed by atoms with Crippen LogP contribution in [0.2, 0.25) is 5.02 Å². The number of anilines is 1. The smallest absolute Gasteiger partial charge is 0.269 e. The molecule has 1 N–H and O–H groups in total. The fourth-order valence-corrected chi connectivity index (χ4v) is 3.13. The lowest BCUT2D eigenvalue weighted by molar-refractivity contribution is -0.384. The maximum Gasteiger partial charge on any atom is 0.269 e. The van der Waals surface area contributed by atoms with Crippen molar-refractivity contribution in [3.05, 3.63) is 92.5 Å². The molecule has 3 aromatic carbocycles. The van der Waals surface area contributed by atoms with E-state index in [1.165, 1.54) is 25.5 Å². The van der Waals surface area contributed by atoms with Crippen LogP contribution in [0.3, 0.4) is 0 Å². The van der Waals surface area contributed by atoms with Gasteiger partial charge in [-0.15, -0.1) is 0 Å². The Labute approximate surface area is 201 Å². The first kappa shape index (κ1) is 24.5. The number of oxime groups is 1. The van der Waals surface area contributed by atoms with Crippen molar-refractivity contribution >= 4 is 35.1 Å². The van der Waals surface area contributed by atoms with Gasteiger partial charge in [-0.3, -0.25) is 14.9 Å². The monoisotopic (exact) mass is 483 g/mol. The second-order valence-electron chi connectivity index (χ2n) is 7.17. The van der Waals surface area contributed by atoms with E-state index in [0.717, 1.165) is 11.1 Å². The van der Waals surface area contributed by atoms with Crippen molar-refractivity contribution in [1.29, 1.82) is 0 Å². The number of nitro groups is 1. The average molecular weight is 484 g/mol. The molecule has 0 saturated carbocycles. The average Bonchev–Trinajstić information content (AvgIpc) is 2.82. The molecule has 9 nitrogen and oxygen atoms in total. The molecule has 0 aliphatic carbocycles. The zero-order chi connectivity index (χ0) is 24.5. The molecule has 0 fully saturated rings. The third-order valence-electron chi connectivity index (χ3n) is 4.59. The highest BCUT2D eigenvalue weighted by atomic mass is 35.5. The maximum absolute atomic E-state index is 11.9. The fraction of sp³-hybridized carbons (Fsp3) is 0.167. The first-order valence-corrected chi connectivity index (χ1v) is 10.5. The predicted molar refractivity (Wildman–Crippen MR) is 129 cm³/mol. The molecule has 34 heavy (non-hydrogen) atoms. The lowest BCUT2D eigenvalue weighted by Gasteiger charge is -2.13. The molecule has 3 aromatic rings. The maximum atomic E-state index is 11.9. The Morgan fingerprint density at radius 1 is 1.15 bits per heavy atom. The van der Waals surface area contributed by atoms with E-state index in [4.69, 9.17) is 25.9 Å². The molecular formula is C24H22ClN3O6. The van der Waals surface area contributed by atoms with Gasteiger partial charge in [-0.2, -0.15) is 0 Å². The number of rotatable bonds is 10. The van der Waals surface area contributed by atoms with Crippen LogP contribution in [0, 0.1) is 17.0 Å². The van der Waals surface area contributed by atoms with Crippen molar-refractivity contribution in [2.24, 2.45) is 5.16 Å². The number of non-ortho nitro benzene ring substituents is 1. The minimum atomic E-state index is -0.467. The Bertz CT molecular complexity index is 1180. The summed E-state index contributed by atoms with van der Waals surface area (Å²) in [4.78, 5) is 27.3. The van der Waals surface area contributed by atoms with Gasteiger partial charge in [0.1, 0.15) is 6.61 Å². The molecule has 0 aromatic heterocycles. The molecule has 0 atom stereocenters. The van der Waals surface area contributed by atoms with Crippen molar-refractivity contribution in [3.63, 3.8) is 0 Å². The number of ether oxygens (including phenoxy) is 2. The van der Waals surface area contributed by atoms with E-state index < -0.39 is 4.92 Å². The summed E-state index contributed by atoms with van der Waals surface area (Å²) in [6, 6.07) is 16.7. The zero-order valence-electron chi connectivity index (χ0n) is 18.5. The second kappa shape index (κ2) is 11.7. The van der Waals surface area contributed by atoms with E-state index in [2.05, 4.69) is 10.5 Å². The molecule has 0 spiro atoms. The first-order valence-electron chi connectivity index (χ1n) is 10.1. The van der Waals surface area contributed by atoms with Crippen LogP contribution in [0.5, 0.6) is 11.5 Å². The quantitative estimate of drug-likeness (QED) is 0.243. The number of nitro benzene ring substituents is 1. The number of hydrogen-bond donors (Lipinski definition) is 1. The molecule has 0 aliphatic heterocycles. The third kappa shape index (κ3) is 6.94. The minimum Gasteiger partial charge on any atom is -0.493 e. The molecular weight excluding hydrogens is 462 g/mol. The van der Waals surface area contributed by atoms with Gasteiger partial charge in [0.05, 0.1) is 23.3 Å². The number of halogens is 1. The Morgan fingerprint density at radius 2 is 1.85 bits per heavy atom. The van der Waals surface area contributed by atoms with Gasteiger partial charge in [0.25, 0.3) is 11.6 Å². The van der Waals surface area contributed by atoms with Crippen LogP contribution in [0.15, 0.2) is 65.8 Å². The van der Waals surface area contributed by atoms with Gasteiger partial charge in [-0.1, -0.05) is 34.5 Å². The summed E-state index contributed by atoms with van der Waals surface area (Å²) in [5, 5.41) is 17.6. The third-order valence-corrected chi connectivity index (χ3v) is 4.87. The highest BCUT2D eigenvalue weighted by Gasteiger charge is 2.13. The largest absolute Gasteiger partial charge is 0.493 e. The molecule has 10 heteroatoms. The lowest BCUT2D eigenvalue weighted by Crippen LogP contribution is -2.16. The highest BCUT2D eigenvalue weighted by Crippen LogP contribution is 2.36. The Morgan fingerprint density at radius 3 is 2.50 bits per heavy atom. The molecule has 0 aliphatic rings. The van der Waals surface area contributed by atoms with Crippen LogP contribution in [0.1, 0.15) is 16.7 Å². The molecule has 1 amide bonds. The van der Waals surface area contributed by atoms with Crippen molar-refractivity contribution in [3.8, 4) is 11.5 Å². The number of aryl methyl sites for hydroxylation is 1. The normalized spacial score (nSPS) is 10.7. The number of nitrogens with zero attached hydrogens (tertiary/aromatic N) is 2. The van der Waals surface area contributed by atoms with Crippen LogP contribution < -0.4 is 14.8 Å². The van der Waals surface area contributed by atoms with Crippen LogP contribution in [0.25, 0.3) is 0 Å². The minimum absolute atomic E-state index is 0.00199. The summed E-state index contributed by atoms with van der Waals surface area (Å²) < 4.78 is 11.1. The van der Waals surface area contributed by atoms with E-state index in [9.17, 15) is 14.9 Å². The van der Waals surface area contributed by atoms with Gasteiger partial charge in [-0.25, -0.2) is 0 Å².